The molecule has 1 aliphatic heterocycles. The van der Waals surface area contributed by atoms with Gasteiger partial charge in [-0.1, -0.05) is 24.9 Å². The number of ether oxygens (including phenoxy) is 2. The Hall–Kier alpha value is -2.67. The molecule has 11 nitrogen and oxygen atoms in total. The first-order chi connectivity index (χ1) is 19.5. The van der Waals surface area contributed by atoms with Crippen LogP contribution in [-0.4, -0.2) is 84.7 Å². The number of aliphatic hydroxyl groups is 4. The largest absolute Gasteiger partial charge is 0.507 e. The number of benzene rings is 1. The van der Waals surface area contributed by atoms with E-state index < -0.39 is 71.5 Å². The monoisotopic (exact) mass is 591 g/mol. The summed E-state index contributed by atoms with van der Waals surface area (Å²) in [5.41, 5.74) is 0.147. The van der Waals surface area contributed by atoms with Crippen molar-refractivity contribution in [2.75, 3.05) is 7.11 Å². The van der Waals surface area contributed by atoms with E-state index in [1.165, 1.54) is 11.7 Å². The van der Waals surface area contributed by atoms with Crippen LogP contribution in [0.1, 0.15) is 48.9 Å². The summed E-state index contributed by atoms with van der Waals surface area (Å²) in [6, 6.07) is 0. The van der Waals surface area contributed by atoms with Gasteiger partial charge in [0, 0.05) is 43.3 Å². The van der Waals surface area contributed by atoms with Crippen molar-refractivity contribution in [3.8, 4) is 11.5 Å². The van der Waals surface area contributed by atoms with Gasteiger partial charge in [-0.2, -0.15) is 0 Å². The summed E-state index contributed by atoms with van der Waals surface area (Å²) in [6.07, 6.45) is -6.02. The van der Waals surface area contributed by atoms with Gasteiger partial charge in [0.2, 0.25) is 0 Å². The number of rotatable bonds is 3. The summed E-state index contributed by atoms with van der Waals surface area (Å²) in [7, 11) is 2.97. The molecule has 2 aromatic rings. The molecule has 41 heavy (non-hydrogen) atoms. The van der Waals surface area contributed by atoms with Gasteiger partial charge in [-0.05, 0) is 25.2 Å². The Bertz CT molecular complexity index is 1550. The molecule has 1 fully saturated rings. The molecule has 9 atom stereocenters. The summed E-state index contributed by atoms with van der Waals surface area (Å²) in [4.78, 5) is 27.4. The number of carbonyl (C=O) groups excluding carboxylic acids is 1. The Kier molecular flexibility index (Phi) is 6.91. The quantitative estimate of drug-likeness (QED) is 0.281. The Morgan fingerprint density at radius 2 is 1.78 bits per heavy atom. The molecule has 0 saturated heterocycles. The number of ketones is 1. The minimum absolute atomic E-state index is 0.0551. The smallest absolute Gasteiger partial charge is 0.262 e. The lowest BCUT2D eigenvalue weighted by molar-refractivity contribution is -0.184. The van der Waals surface area contributed by atoms with Crippen molar-refractivity contribution >= 4 is 28.2 Å². The van der Waals surface area contributed by atoms with Gasteiger partial charge in [0.05, 0.1) is 45.6 Å². The number of carbonyl (C=O) groups is 1. The number of aliphatic hydroxyl groups excluding tert-OH is 4. The minimum atomic E-state index is -1.62. The molecule has 4 aliphatic rings. The van der Waals surface area contributed by atoms with Gasteiger partial charge < -0.3 is 44.7 Å². The third kappa shape index (κ3) is 3.76. The zero-order valence-electron chi connectivity index (χ0n) is 22.9. The number of nitrogens with zero attached hydrogens (tertiary/aromatic N) is 1. The first-order valence-electron chi connectivity index (χ1n) is 13.9. The maximum Gasteiger partial charge on any atom is 0.262 e. The molecule has 2 heterocycles. The van der Waals surface area contributed by atoms with Crippen molar-refractivity contribution in [2.24, 2.45) is 18.9 Å². The van der Waals surface area contributed by atoms with Crippen LogP contribution in [0.3, 0.4) is 0 Å². The number of hydrogen-bond donors (Lipinski definition) is 6. The van der Waals surface area contributed by atoms with Crippen molar-refractivity contribution in [3.05, 3.63) is 43.5 Å². The van der Waals surface area contributed by atoms with Crippen molar-refractivity contribution in [2.45, 2.75) is 81.6 Å². The molecule has 6 N–H and O–H groups in total. The lowest BCUT2D eigenvalue weighted by Gasteiger charge is -2.53. The van der Waals surface area contributed by atoms with E-state index in [0.717, 1.165) is 0 Å². The predicted molar refractivity (Wildman–Crippen MR) is 146 cm³/mol. The fourth-order valence-corrected chi connectivity index (χ4v) is 8.16. The van der Waals surface area contributed by atoms with E-state index in [-0.39, 0.29) is 51.3 Å². The van der Waals surface area contributed by atoms with Gasteiger partial charge in [-0.15, -0.1) is 0 Å². The van der Waals surface area contributed by atoms with Crippen LogP contribution in [0.2, 0.25) is 5.02 Å². The van der Waals surface area contributed by atoms with E-state index in [4.69, 9.17) is 21.1 Å². The van der Waals surface area contributed by atoms with Crippen LogP contribution in [0.25, 0.3) is 10.8 Å². The van der Waals surface area contributed by atoms with Gasteiger partial charge >= 0.3 is 0 Å². The van der Waals surface area contributed by atoms with Crippen molar-refractivity contribution in [1.82, 2.24) is 4.57 Å². The average Bonchev–Trinajstić information content (AvgIpc) is 2.94. The number of phenolic OH excluding ortho intramolecular Hbond substituents is 2. The molecule has 6 rings (SSSR count). The molecule has 12 heteroatoms. The van der Waals surface area contributed by atoms with Crippen LogP contribution in [0.15, 0.2) is 16.1 Å². The second-order valence-electron chi connectivity index (χ2n) is 11.6. The molecule has 0 bridgehead atoms. The third-order valence-corrected chi connectivity index (χ3v) is 10.0. The van der Waals surface area contributed by atoms with E-state index in [1.807, 2.05) is 6.92 Å². The minimum Gasteiger partial charge on any atom is -0.507 e. The van der Waals surface area contributed by atoms with E-state index >= 15 is 0 Å². The first-order valence-corrected chi connectivity index (χ1v) is 14.3. The molecule has 222 valence electrons. The van der Waals surface area contributed by atoms with Crippen molar-refractivity contribution in [1.29, 1.82) is 0 Å². The molecule has 3 aliphatic carbocycles. The van der Waals surface area contributed by atoms with Gasteiger partial charge in [-0.25, -0.2) is 0 Å². The van der Waals surface area contributed by atoms with Gasteiger partial charge in [0.25, 0.3) is 5.56 Å². The molecule has 1 saturated carbocycles. The van der Waals surface area contributed by atoms with Crippen LogP contribution < -0.4 is 5.56 Å². The Morgan fingerprint density at radius 3 is 2.44 bits per heavy atom. The van der Waals surface area contributed by atoms with Gasteiger partial charge in [-0.3, -0.25) is 9.59 Å². The number of hydrogen-bond acceptors (Lipinski definition) is 10. The highest BCUT2D eigenvalue weighted by molar-refractivity contribution is 6.37. The maximum atomic E-state index is 13.8. The molecule has 0 amide bonds. The van der Waals surface area contributed by atoms with E-state index in [9.17, 15) is 40.2 Å². The summed E-state index contributed by atoms with van der Waals surface area (Å²) < 4.78 is 13.3. The Labute approximate surface area is 240 Å². The van der Waals surface area contributed by atoms with Crippen LogP contribution >= 0.6 is 11.6 Å². The van der Waals surface area contributed by atoms with E-state index in [2.05, 4.69) is 0 Å². The van der Waals surface area contributed by atoms with Crippen LogP contribution in [0, 0.1) is 11.8 Å². The van der Waals surface area contributed by atoms with Crippen molar-refractivity contribution in [3.63, 3.8) is 0 Å². The number of aromatic nitrogens is 1. The topological polar surface area (TPSA) is 179 Å². The summed E-state index contributed by atoms with van der Waals surface area (Å²) >= 11 is 6.71. The number of phenols is 2. The van der Waals surface area contributed by atoms with Gasteiger partial charge in [0.1, 0.15) is 35.6 Å². The molecule has 0 spiro atoms. The highest BCUT2D eigenvalue weighted by Crippen LogP contribution is 2.57. The Morgan fingerprint density at radius 1 is 1.07 bits per heavy atom. The second-order valence-corrected chi connectivity index (χ2v) is 12.0. The molecule has 0 radical (unpaired) electrons. The number of Topliss-reactive ketones (excluding diaryl/α,β-unsaturated/α-hetero) is 1. The van der Waals surface area contributed by atoms with Crippen LogP contribution in [0.4, 0.5) is 0 Å². The molecular formula is C29H34ClNO10. The van der Waals surface area contributed by atoms with Crippen LogP contribution in [0.5, 0.6) is 11.5 Å². The SMILES string of the molecule is CCCc1c(Cl)c2c(O)c3c(c(O)c2c(=O)n1C)C1C(O)C2C(=O)C4=C(OC2C(OC)C1CC3)C(O)CC(O)C4O. The van der Waals surface area contributed by atoms with Crippen LogP contribution in [-0.2, 0) is 34.2 Å². The Balaban J connectivity index is 1.56. The number of fused-ring (bicyclic) bond motifs is 5. The third-order valence-electron chi connectivity index (χ3n) is 9.63. The number of pyridine rings is 1. The fraction of sp³-hybridized carbons (Fsp3) is 0.586. The molecule has 1 aromatic carbocycles. The first kappa shape index (κ1) is 28.4. The molecule has 9 unspecified atom stereocenters. The zero-order valence-corrected chi connectivity index (χ0v) is 23.6. The highest BCUT2D eigenvalue weighted by atomic mass is 35.5. The maximum absolute atomic E-state index is 13.8. The lowest BCUT2D eigenvalue weighted by atomic mass is 9.58. The highest BCUT2D eigenvalue weighted by Gasteiger charge is 2.61. The van der Waals surface area contributed by atoms with Crippen molar-refractivity contribution < 1.29 is 44.9 Å². The summed E-state index contributed by atoms with van der Waals surface area (Å²) in [5.74, 6) is -4.25. The zero-order chi connectivity index (χ0) is 29.7. The lowest BCUT2D eigenvalue weighted by Crippen LogP contribution is -2.63. The predicted octanol–water partition coefficient (Wildman–Crippen LogP) is 0.916. The number of aromatic hydroxyl groups is 2. The van der Waals surface area contributed by atoms with E-state index in [1.54, 1.807) is 7.05 Å². The normalized spacial score (nSPS) is 34.5. The summed E-state index contributed by atoms with van der Waals surface area (Å²) in [5, 5.41) is 66.5. The summed E-state index contributed by atoms with van der Waals surface area (Å²) in [6.45, 7) is 1.93. The van der Waals surface area contributed by atoms with Gasteiger partial charge in [0.15, 0.2) is 5.78 Å². The van der Waals surface area contributed by atoms with E-state index in [0.29, 0.717) is 30.5 Å². The number of halogens is 1. The molecule has 1 aromatic heterocycles. The standard InChI is InChI=1S/C29H34ClNO10/c1-4-5-11-20(30)16-17(29(39)31(11)2)23(36)14-9(21(16)34)6-7-10-15(14)24(37)19-25(38)18-22(35)12(32)8-13(33)27(18)41-28(19)26(10)40-3/h10,12-13,15,19,22,24,26,28,32-37H,4-8H2,1-3H3. The number of methoxy groups -OCH3 is 1. The second kappa shape index (κ2) is 9.96. The fourth-order valence-electron chi connectivity index (χ4n) is 7.76. The average molecular weight is 592 g/mol. The molecular weight excluding hydrogens is 558 g/mol.